The molecule has 0 amide bonds. The van der Waals surface area contributed by atoms with Crippen molar-refractivity contribution in [3.05, 3.63) is 0 Å². The molecule has 80 valence electrons. The maximum absolute atomic E-state index is 4.96. The molecule has 0 rings (SSSR count). The summed E-state index contributed by atoms with van der Waals surface area (Å²) in [6, 6.07) is 0. The third-order valence-corrected chi connectivity index (χ3v) is 2.28. The summed E-state index contributed by atoms with van der Waals surface area (Å²) in [5.41, 5.74) is 0. The third kappa shape index (κ3) is 9.84. The lowest BCUT2D eigenvalue weighted by atomic mass is 10.0. The van der Waals surface area contributed by atoms with Crippen molar-refractivity contribution in [2.24, 2.45) is 5.92 Å². The zero-order chi connectivity index (χ0) is 9.94. The Morgan fingerprint density at radius 3 is 2.69 bits per heavy atom. The SMILES string of the molecule is CCCCCC(C)CNCCOC. The number of ether oxygens (including phenoxy) is 1. The van der Waals surface area contributed by atoms with Crippen LogP contribution in [0.2, 0.25) is 0 Å². The van der Waals surface area contributed by atoms with Gasteiger partial charge in [-0.1, -0.05) is 33.1 Å². The minimum absolute atomic E-state index is 0.809. The van der Waals surface area contributed by atoms with E-state index in [-0.39, 0.29) is 0 Å². The molecule has 0 bridgehead atoms. The number of unbranched alkanes of at least 4 members (excludes halogenated alkanes) is 2. The van der Waals surface area contributed by atoms with E-state index in [1.165, 1.54) is 25.7 Å². The molecule has 0 spiro atoms. The van der Waals surface area contributed by atoms with E-state index in [1.807, 2.05) is 0 Å². The molecule has 0 fully saturated rings. The Morgan fingerprint density at radius 1 is 1.31 bits per heavy atom. The summed E-state index contributed by atoms with van der Waals surface area (Å²) in [4.78, 5) is 0. The molecule has 0 aliphatic heterocycles. The smallest absolute Gasteiger partial charge is 0.0587 e. The van der Waals surface area contributed by atoms with Crippen molar-refractivity contribution in [3.8, 4) is 0 Å². The number of nitrogens with one attached hydrogen (secondary N) is 1. The van der Waals surface area contributed by atoms with Crippen LogP contribution in [-0.4, -0.2) is 26.8 Å². The topological polar surface area (TPSA) is 21.3 Å². The van der Waals surface area contributed by atoms with Crippen LogP contribution in [0.4, 0.5) is 0 Å². The minimum atomic E-state index is 0.809. The summed E-state index contributed by atoms with van der Waals surface area (Å²) in [7, 11) is 1.74. The summed E-state index contributed by atoms with van der Waals surface area (Å²) >= 11 is 0. The normalized spacial score (nSPS) is 13.2. The molecule has 13 heavy (non-hydrogen) atoms. The summed E-state index contributed by atoms with van der Waals surface area (Å²) in [5, 5.41) is 3.39. The highest BCUT2D eigenvalue weighted by Gasteiger charge is 2.00. The molecule has 0 aromatic heterocycles. The molecule has 0 aliphatic carbocycles. The fourth-order valence-electron chi connectivity index (χ4n) is 1.37. The first-order valence-electron chi connectivity index (χ1n) is 5.50. The molecule has 0 saturated carbocycles. The monoisotopic (exact) mass is 187 g/mol. The molecule has 0 aromatic carbocycles. The van der Waals surface area contributed by atoms with E-state index in [2.05, 4.69) is 19.2 Å². The Hall–Kier alpha value is -0.0800. The van der Waals surface area contributed by atoms with Crippen molar-refractivity contribution in [1.29, 1.82) is 0 Å². The van der Waals surface area contributed by atoms with Gasteiger partial charge in [0.2, 0.25) is 0 Å². The van der Waals surface area contributed by atoms with Gasteiger partial charge in [-0.2, -0.15) is 0 Å². The second-order valence-corrected chi connectivity index (χ2v) is 3.80. The van der Waals surface area contributed by atoms with E-state index in [4.69, 9.17) is 4.74 Å². The maximum Gasteiger partial charge on any atom is 0.0587 e. The van der Waals surface area contributed by atoms with Gasteiger partial charge in [-0.05, 0) is 18.9 Å². The van der Waals surface area contributed by atoms with E-state index >= 15 is 0 Å². The Labute approximate surface area is 83.1 Å². The average Bonchev–Trinajstić information content (AvgIpc) is 2.13. The van der Waals surface area contributed by atoms with Gasteiger partial charge in [0, 0.05) is 13.7 Å². The minimum Gasteiger partial charge on any atom is -0.383 e. The summed E-state index contributed by atoms with van der Waals surface area (Å²) in [6.07, 6.45) is 5.43. The van der Waals surface area contributed by atoms with Crippen molar-refractivity contribution in [2.75, 3.05) is 26.8 Å². The Morgan fingerprint density at radius 2 is 2.08 bits per heavy atom. The molecular formula is C11H25NO. The molecule has 1 atom stereocenters. The molecular weight excluding hydrogens is 162 g/mol. The molecule has 0 heterocycles. The highest BCUT2D eigenvalue weighted by Crippen LogP contribution is 2.07. The van der Waals surface area contributed by atoms with E-state index in [9.17, 15) is 0 Å². The summed E-state index contributed by atoms with van der Waals surface area (Å²) in [6.45, 7) is 7.50. The molecule has 1 N–H and O–H groups in total. The summed E-state index contributed by atoms with van der Waals surface area (Å²) in [5.74, 6) is 0.809. The third-order valence-electron chi connectivity index (χ3n) is 2.28. The Bertz CT molecular complexity index is 96.1. The molecule has 1 unspecified atom stereocenters. The van der Waals surface area contributed by atoms with Crippen molar-refractivity contribution in [1.82, 2.24) is 5.32 Å². The van der Waals surface area contributed by atoms with Gasteiger partial charge < -0.3 is 10.1 Å². The zero-order valence-electron chi connectivity index (χ0n) is 9.44. The van der Waals surface area contributed by atoms with Crippen molar-refractivity contribution < 1.29 is 4.74 Å². The maximum atomic E-state index is 4.96. The molecule has 2 nitrogen and oxygen atoms in total. The molecule has 0 saturated heterocycles. The Kier molecular flexibility index (Phi) is 9.94. The van der Waals surface area contributed by atoms with Crippen LogP contribution >= 0.6 is 0 Å². The first-order chi connectivity index (χ1) is 6.31. The van der Waals surface area contributed by atoms with Crippen LogP contribution < -0.4 is 5.32 Å². The number of methoxy groups -OCH3 is 1. The molecule has 2 heteroatoms. The lowest BCUT2D eigenvalue weighted by Gasteiger charge is -2.11. The molecule has 0 aliphatic rings. The van der Waals surface area contributed by atoms with Crippen LogP contribution in [-0.2, 0) is 4.74 Å². The number of hydrogen-bond acceptors (Lipinski definition) is 2. The fourth-order valence-corrected chi connectivity index (χ4v) is 1.37. The quantitative estimate of drug-likeness (QED) is 0.560. The van der Waals surface area contributed by atoms with Crippen LogP contribution in [0, 0.1) is 5.92 Å². The van der Waals surface area contributed by atoms with E-state index in [1.54, 1.807) is 7.11 Å². The zero-order valence-corrected chi connectivity index (χ0v) is 9.44. The van der Waals surface area contributed by atoms with Crippen molar-refractivity contribution in [2.45, 2.75) is 39.5 Å². The highest BCUT2D eigenvalue weighted by atomic mass is 16.5. The van der Waals surface area contributed by atoms with Gasteiger partial charge in [0.15, 0.2) is 0 Å². The van der Waals surface area contributed by atoms with E-state index < -0.39 is 0 Å². The van der Waals surface area contributed by atoms with Gasteiger partial charge in [0.05, 0.1) is 6.61 Å². The average molecular weight is 187 g/mol. The number of hydrogen-bond donors (Lipinski definition) is 1. The van der Waals surface area contributed by atoms with Gasteiger partial charge >= 0.3 is 0 Å². The Balaban J connectivity index is 3.05. The fraction of sp³-hybridized carbons (Fsp3) is 1.00. The van der Waals surface area contributed by atoms with Crippen LogP contribution in [0.25, 0.3) is 0 Å². The van der Waals surface area contributed by atoms with Gasteiger partial charge in [-0.3, -0.25) is 0 Å². The van der Waals surface area contributed by atoms with Crippen LogP contribution in [0.1, 0.15) is 39.5 Å². The van der Waals surface area contributed by atoms with Gasteiger partial charge in [-0.25, -0.2) is 0 Å². The lowest BCUT2D eigenvalue weighted by Crippen LogP contribution is -2.24. The van der Waals surface area contributed by atoms with Gasteiger partial charge in [-0.15, -0.1) is 0 Å². The first-order valence-corrected chi connectivity index (χ1v) is 5.50. The van der Waals surface area contributed by atoms with E-state index in [0.29, 0.717) is 0 Å². The van der Waals surface area contributed by atoms with Crippen molar-refractivity contribution in [3.63, 3.8) is 0 Å². The van der Waals surface area contributed by atoms with Gasteiger partial charge in [0.1, 0.15) is 0 Å². The predicted molar refractivity (Wildman–Crippen MR) is 58.1 cm³/mol. The highest BCUT2D eigenvalue weighted by molar-refractivity contribution is 4.57. The predicted octanol–water partition coefficient (Wildman–Crippen LogP) is 2.44. The second kappa shape index (κ2) is 10.0. The first kappa shape index (κ1) is 12.9. The van der Waals surface area contributed by atoms with Gasteiger partial charge in [0.25, 0.3) is 0 Å². The van der Waals surface area contributed by atoms with E-state index in [0.717, 1.165) is 25.6 Å². The number of rotatable bonds is 9. The summed E-state index contributed by atoms with van der Waals surface area (Å²) < 4.78 is 4.96. The standard InChI is InChI=1S/C11H25NO/c1-4-5-6-7-11(2)10-12-8-9-13-3/h11-12H,4-10H2,1-3H3. The van der Waals surface area contributed by atoms with Crippen LogP contribution in [0.15, 0.2) is 0 Å². The lowest BCUT2D eigenvalue weighted by molar-refractivity contribution is 0.198. The second-order valence-electron chi connectivity index (χ2n) is 3.80. The largest absolute Gasteiger partial charge is 0.383 e. The molecule has 0 aromatic rings. The molecule has 0 radical (unpaired) electrons. The van der Waals surface area contributed by atoms with Crippen LogP contribution in [0.5, 0.6) is 0 Å². The van der Waals surface area contributed by atoms with Crippen LogP contribution in [0.3, 0.4) is 0 Å². The van der Waals surface area contributed by atoms with Crippen molar-refractivity contribution >= 4 is 0 Å².